The Kier molecular flexibility index (Phi) is 4.59. The second-order valence-corrected chi connectivity index (χ2v) is 5.12. The molecule has 0 saturated carbocycles. The van der Waals surface area contributed by atoms with Crippen LogP contribution in [0.3, 0.4) is 0 Å². The number of hydrogen-bond donors (Lipinski definition) is 2. The fraction of sp³-hybridized carbons (Fsp3) is 0.300. The van der Waals surface area contributed by atoms with Gasteiger partial charge in [-0.2, -0.15) is 0 Å². The zero-order valence-corrected chi connectivity index (χ0v) is 9.71. The van der Waals surface area contributed by atoms with Crippen LogP contribution in [0.4, 0.5) is 4.39 Å². The molecular formula is C10H12FNO4S. The summed E-state index contributed by atoms with van der Waals surface area (Å²) >= 11 is 0. The predicted octanol–water partition coefficient (Wildman–Crippen LogP) is 0.969. The standard InChI is InChI=1S/C10H12FNO4S/c11-8-3-1-4-9(7-8)17(15,16)12-6-2-5-10(13)14/h1,3-4,7,12H,2,5-6H2,(H,13,14). The second-order valence-electron chi connectivity index (χ2n) is 3.35. The molecule has 1 rings (SSSR count). The molecule has 0 aliphatic rings. The van der Waals surface area contributed by atoms with Crippen molar-refractivity contribution in [3.8, 4) is 0 Å². The minimum atomic E-state index is -3.76. The summed E-state index contributed by atoms with van der Waals surface area (Å²) < 4.78 is 38.2. The highest BCUT2D eigenvalue weighted by Crippen LogP contribution is 2.10. The van der Waals surface area contributed by atoms with Crippen LogP contribution < -0.4 is 4.72 Å². The van der Waals surface area contributed by atoms with Crippen LogP contribution in [0.5, 0.6) is 0 Å². The van der Waals surface area contributed by atoms with Crippen molar-refractivity contribution in [2.75, 3.05) is 6.54 Å². The van der Waals surface area contributed by atoms with E-state index in [4.69, 9.17) is 5.11 Å². The lowest BCUT2D eigenvalue weighted by molar-refractivity contribution is -0.137. The van der Waals surface area contributed by atoms with Gasteiger partial charge in [0.2, 0.25) is 10.0 Å². The highest BCUT2D eigenvalue weighted by molar-refractivity contribution is 7.89. The summed E-state index contributed by atoms with van der Waals surface area (Å²) in [6.45, 7) is 0.00511. The van der Waals surface area contributed by atoms with Crippen molar-refractivity contribution in [3.05, 3.63) is 30.1 Å². The summed E-state index contributed by atoms with van der Waals surface area (Å²) in [5.74, 6) is -1.63. The smallest absolute Gasteiger partial charge is 0.303 e. The van der Waals surface area contributed by atoms with Crippen LogP contribution in [0.25, 0.3) is 0 Å². The van der Waals surface area contributed by atoms with E-state index in [2.05, 4.69) is 4.72 Å². The topological polar surface area (TPSA) is 83.5 Å². The predicted molar refractivity (Wildman–Crippen MR) is 58.5 cm³/mol. The van der Waals surface area contributed by atoms with E-state index in [0.717, 1.165) is 12.1 Å². The fourth-order valence-electron chi connectivity index (χ4n) is 1.16. The van der Waals surface area contributed by atoms with Crippen LogP contribution in [0.2, 0.25) is 0 Å². The quantitative estimate of drug-likeness (QED) is 0.747. The Hall–Kier alpha value is -1.47. The molecule has 0 saturated heterocycles. The summed E-state index contributed by atoms with van der Waals surface area (Å²) in [5, 5.41) is 8.37. The molecule has 0 aliphatic carbocycles. The van der Waals surface area contributed by atoms with Gasteiger partial charge in [-0.3, -0.25) is 4.79 Å². The van der Waals surface area contributed by atoms with Crippen molar-refractivity contribution in [1.29, 1.82) is 0 Å². The number of carboxylic acid groups (broad SMARTS) is 1. The van der Waals surface area contributed by atoms with E-state index in [9.17, 15) is 17.6 Å². The minimum absolute atomic E-state index is 0.00511. The number of benzene rings is 1. The van der Waals surface area contributed by atoms with Gasteiger partial charge in [-0.05, 0) is 24.6 Å². The van der Waals surface area contributed by atoms with Gasteiger partial charge >= 0.3 is 5.97 Å². The lowest BCUT2D eigenvalue weighted by Gasteiger charge is -2.05. The monoisotopic (exact) mass is 261 g/mol. The van der Waals surface area contributed by atoms with Gasteiger partial charge in [0.25, 0.3) is 0 Å². The molecule has 1 aromatic rings. The first kappa shape index (κ1) is 13.6. The van der Waals surface area contributed by atoms with Crippen molar-refractivity contribution >= 4 is 16.0 Å². The number of halogens is 1. The summed E-state index contributed by atoms with van der Waals surface area (Å²) in [5.41, 5.74) is 0. The molecule has 0 aliphatic heterocycles. The van der Waals surface area contributed by atoms with Gasteiger partial charge in [0.1, 0.15) is 5.82 Å². The molecule has 7 heteroatoms. The Morgan fingerprint density at radius 1 is 1.41 bits per heavy atom. The van der Waals surface area contributed by atoms with Crippen LogP contribution in [0.15, 0.2) is 29.2 Å². The Bertz CT molecular complexity index is 501. The lowest BCUT2D eigenvalue weighted by Crippen LogP contribution is -2.25. The van der Waals surface area contributed by atoms with Gasteiger partial charge in [0.15, 0.2) is 0 Å². The van der Waals surface area contributed by atoms with Crippen molar-refractivity contribution in [1.82, 2.24) is 4.72 Å². The lowest BCUT2D eigenvalue weighted by atomic mass is 10.3. The molecule has 1 aromatic carbocycles. The first-order valence-corrected chi connectivity index (χ1v) is 6.37. The summed E-state index contributed by atoms with van der Waals surface area (Å²) in [6.07, 6.45) is 0.0650. The van der Waals surface area contributed by atoms with Crippen LogP contribution in [-0.4, -0.2) is 26.0 Å². The summed E-state index contributed by atoms with van der Waals surface area (Å²) in [4.78, 5) is 10.0. The summed E-state index contributed by atoms with van der Waals surface area (Å²) in [7, 11) is -3.76. The molecular weight excluding hydrogens is 249 g/mol. The number of sulfonamides is 1. The van der Waals surface area contributed by atoms with Gasteiger partial charge in [-0.15, -0.1) is 0 Å². The SMILES string of the molecule is O=C(O)CCCNS(=O)(=O)c1cccc(F)c1. The third-order valence-corrected chi connectivity index (χ3v) is 3.42. The van der Waals surface area contributed by atoms with Crippen molar-refractivity contribution in [3.63, 3.8) is 0 Å². The van der Waals surface area contributed by atoms with Crippen molar-refractivity contribution < 1.29 is 22.7 Å². The fourth-order valence-corrected chi connectivity index (χ4v) is 2.27. The van der Waals surface area contributed by atoms with Crippen LogP contribution >= 0.6 is 0 Å². The minimum Gasteiger partial charge on any atom is -0.481 e. The van der Waals surface area contributed by atoms with E-state index in [1.807, 2.05) is 0 Å². The molecule has 0 aromatic heterocycles. The maximum Gasteiger partial charge on any atom is 0.303 e. The second kappa shape index (κ2) is 5.74. The third kappa shape index (κ3) is 4.49. The van der Waals surface area contributed by atoms with Crippen molar-refractivity contribution in [2.24, 2.45) is 0 Å². The number of aliphatic carboxylic acids is 1. The first-order chi connectivity index (χ1) is 7.92. The van der Waals surface area contributed by atoms with Gasteiger partial charge in [0, 0.05) is 13.0 Å². The van der Waals surface area contributed by atoms with E-state index in [1.54, 1.807) is 0 Å². The molecule has 2 N–H and O–H groups in total. The summed E-state index contributed by atoms with van der Waals surface area (Å²) in [6, 6.07) is 4.60. The highest BCUT2D eigenvalue weighted by Gasteiger charge is 2.13. The molecule has 94 valence electrons. The van der Waals surface area contributed by atoms with Gasteiger partial charge in [-0.1, -0.05) is 6.07 Å². The number of hydrogen-bond acceptors (Lipinski definition) is 3. The number of carboxylic acids is 1. The van der Waals surface area contributed by atoms with E-state index >= 15 is 0 Å². The first-order valence-electron chi connectivity index (χ1n) is 4.89. The molecule has 17 heavy (non-hydrogen) atoms. The molecule has 0 unspecified atom stereocenters. The molecule has 0 fully saturated rings. The third-order valence-electron chi connectivity index (χ3n) is 1.97. The van der Waals surface area contributed by atoms with E-state index < -0.39 is 21.8 Å². The van der Waals surface area contributed by atoms with E-state index in [0.29, 0.717) is 0 Å². The Balaban J connectivity index is 2.60. The van der Waals surface area contributed by atoms with Gasteiger partial charge in [0.05, 0.1) is 4.90 Å². The highest BCUT2D eigenvalue weighted by atomic mass is 32.2. The Labute approximate surface area is 98.3 Å². The van der Waals surface area contributed by atoms with Crippen LogP contribution in [-0.2, 0) is 14.8 Å². The Morgan fingerprint density at radius 3 is 2.71 bits per heavy atom. The molecule has 0 amide bonds. The van der Waals surface area contributed by atoms with Gasteiger partial charge in [-0.25, -0.2) is 17.5 Å². The van der Waals surface area contributed by atoms with Crippen LogP contribution in [0.1, 0.15) is 12.8 Å². The largest absolute Gasteiger partial charge is 0.481 e. The van der Waals surface area contributed by atoms with E-state index in [-0.39, 0.29) is 24.3 Å². The molecule has 0 bridgehead atoms. The number of nitrogens with one attached hydrogen (secondary N) is 1. The van der Waals surface area contributed by atoms with Crippen LogP contribution in [0, 0.1) is 5.82 Å². The van der Waals surface area contributed by atoms with Gasteiger partial charge < -0.3 is 5.11 Å². The zero-order chi connectivity index (χ0) is 12.9. The Morgan fingerprint density at radius 2 is 2.12 bits per heavy atom. The molecule has 0 radical (unpaired) electrons. The molecule has 5 nitrogen and oxygen atoms in total. The zero-order valence-electron chi connectivity index (χ0n) is 8.89. The normalized spacial score (nSPS) is 11.4. The maximum atomic E-state index is 12.8. The number of carbonyl (C=O) groups is 1. The average Bonchev–Trinajstić information content (AvgIpc) is 2.24. The van der Waals surface area contributed by atoms with E-state index in [1.165, 1.54) is 12.1 Å². The molecule has 0 spiro atoms. The molecule has 0 heterocycles. The molecule has 0 atom stereocenters. The average molecular weight is 261 g/mol. The number of rotatable bonds is 6. The maximum absolute atomic E-state index is 12.8. The van der Waals surface area contributed by atoms with Crippen molar-refractivity contribution in [2.45, 2.75) is 17.7 Å².